The van der Waals surface area contributed by atoms with Crippen molar-refractivity contribution in [2.45, 2.75) is 18.8 Å². The Morgan fingerprint density at radius 2 is 1.94 bits per heavy atom. The standard InChI is InChI=1S/C14H20N2O2/c1-18-12-6-4-11(5-7-12)13(14(15)17)10-16-8-2-3-9-16/h4-7,13H,2-3,8-10H2,1H3,(H2,15,17). The molecule has 1 atom stereocenters. The van der Waals surface area contributed by atoms with E-state index in [2.05, 4.69) is 4.90 Å². The minimum Gasteiger partial charge on any atom is -0.497 e. The molecule has 0 bridgehead atoms. The molecule has 4 heteroatoms. The number of likely N-dealkylation sites (tertiary alicyclic amines) is 1. The van der Waals surface area contributed by atoms with Gasteiger partial charge in [0.25, 0.3) is 0 Å². The van der Waals surface area contributed by atoms with E-state index in [1.165, 1.54) is 12.8 Å². The summed E-state index contributed by atoms with van der Waals surface area (Å²) < 4.78 is 5.12. The normalized spacial score (nSPS) is 17.6. The predicted molar refractivity (Wildman–Crippen MR) is 70.6 cm³/mol. The minimum absolute atomic E-state index is 0.228. The molecule has 18 heavy (non-hydrogen) atoms. The average molecular weight is 248 g/mol. The molecule has 0 radical (unpaired) electrons. The van der Waals surface area contributed by atoms with Gasteiger partial charge in [0.2, 0.25) is 5.91 Å². The van der Waals surface area contributed by atoms with Gasteiger partial charge in [-0.05, 0) is 43.6 Å². The zero-order valence-corrected chi connectivity index (χ0v) is 10.8. The zero-order chi connectivity index (χ0) is 13.0. The Balaban J connectivity index is 2.10. The van der Waals surface area contributed by atoms with Crippen LogP contribution < -0.4 is 10.5 Å². The van der Waals surface area contributed by atoms with Gasteiger partial charge in [-0.15, -0.1) is 0 Å². The first-order valence-electron chi connectivity index (χ1n) is 6.36. The lowest BCUT2D eigenvalue weighted by Gasteiger charge is -2.21. The van der Waals surface area contributed by atoms with E-state index in [0.717, 1.165) is 30.9 Å². The van der Waals surface area contributed by atoms with Crippen molar-refractivity contribution >= 4 is 5.91 Å². The van der Waals surface area contributed by atoms with Gasteiger partial charge in [-0.1, -0.05) is 12.1 Å². The molecule has 0 aliphatic carbocycles. The summed E-state index contributed by atoms with van der Waals surface area (Å²) in [5.41, 5.74) is 6.49. The number of nitrogens with zero attached hydrogens (tertiary/aromatic N) is 1. The highest BCUT2D eigenvalue weighted by Crippen LogP contribution is 2.22. The quantitative estimate of drug-likeness (QED) is 0.856. The zero-order valence-electron chi connectivity index (χ0n) is 10.8. The maximum atomic E-state index is 11.6. The van der Waals surface area contributed by atoms with Crippen molar-refractivity contribution < 1.29 is 9.53 Å². The summed E-state index contributed by atoms with van der Waals surface area (Å²) in [6.07, 6.45) is 2.43. The summed E-state index contributed by atoms with van der Waals surface area (Å²) in [6, 6.07) is 7.58. The van der Waals surface area contributed by atoms with Gasteiger partial charge in [0.05, 0.1) is 13.0 Å². The molecule has 2 N–H and O–H groups in total. The van der Waals surface area contributed by atoms with Crippen LogP contribution in [0.25, 0.3) is 0 Å². The highest BCUT2D eigenvalue weighted by Gasteiger charge is 2.23. The Morgan fingerprint density at radius 3 is 2.44 bits per heavy atom. The number of ether oxygens (including phenoxy) is 1. The van der Waals surface area contributed by atoms with Crippen molar-refractivity contribution in [2.75, 3.05) is 26.7 Å². The highest BCUT2D eigenvalue weighted by atomic mass is 16.5. The summed E-state index contributed by atoms with van der Waals surface area (Å²) in [6.45, 7) is 2.86. The van der Waals surface area contributed by atoms with Crippen LogP contribution in [0.4, 0.5) is 0 Å². The molecule has 1 unspecified atom stereocenters. The lowest BCUT2D eigenvalue weighted by molar-refractivity contribution is -0.119. The molecule has 1 aliphatic rings. The number of carbonyl (C=O) groups excluding carboxylic acids is 1. The lowest BCUT2D eigenvalue weighted by Crippen LogP contribution is -2.33. The van der Waals surface area contributed by atoms with Crippen molar-refractivity contribution in [3.05, 3.63) is 29.8 Å². The molecule has 0 spiro atoms. The molecule has 0 saturated carbocycles. The van der Waals surface area contributed by atoms with E-state index in [4.69, 9.17) is 10.5 Å². The summed E-state index contributed by atoms with van der Waals surface area (Å²) in [5, 5.41) is 0. The Labute approximate surface area is 108 Å². The summed E-state index contributed by atoms with van der Waals surface area (Å²) in [7, 11) is 1.63. The van der Waals surface area contributed by atoms with Gasteiger partial charge in [0.1, 0.15) is 5.75 Å². The molecule has 1 heterocycles. The smallest absolute Gasteiger partial charge is 0.226 e. The predicted octanol–water partition coefficient (Wildman–Crippen LogP) is 1.36. The summed E-state index contributed by atoms with van der Waals surface area (Å²) in [5.74, 6) is 0.309. The van der Waals surface area contributed by atoms with Gasteiger partial charge >= 0.3 is 0 Å². The molecule has 4 nitrogen and oxygen atoms in total. The molecule has 1 aromatic rings. The monoisotopic (exact) mass is 248 g/mol. The van der Waals surface area contributed by atoms with Crippen molar-refractivity contribution in [1.29, 1.82) is 0 Å². The van der Waals surface area contributed by atoms with E-state index in [0.29, 0.717) is 0 Å². The van der Waals surface area contributed by atoms with Gasteiger partial charge in [-0.25, -0.2) is 0 Å². The molecule has 1 fully saturated rings. The third kappa shape index (κ3) is 3.01. The molecule has 1 amide bonds. The van der Waals surface area contributed by atoms with E-state index >= 15 is 0 Å². The first-order chi connectivity index (χ1) is 8.70. The van der Waals surface area contributed by atoms with Crippen LogP contribution in [0, 0.1) is 0 Å². The van der Waals surface area contributed by atoms with Gasteiger partial charge in [-0.2, -0.15) is 0 Å². The number of carbonyl (C=O) groups is 1. The second kappa shape index (κ2) is 5.87. The number of amides is 1. The van der Waals surface area contributed by atoms with Crippen LogP contribution in [0.15, 0.2) is 24.3 Å². The largest absolute Gasteiger partial charge is 0.497 e. The topological polar surface area (TPSA) is 55.6 Å². The van der Waals surface area contributed by atoms with Crippen molar-refractivity contribution in [3.63, 3.8) is 0 Å². The molecular formula is C14H20N2O2. The number of hydrogen-bond acceptors (Lipinski definition) is 3. The summed E-state index contributed by atoms with van der Waals surface area (Å²) >= 11 is 0. The fourth-order valence-corrected chi connectivity index (χ4v) is 2.42. The van der Waals surface area contributed by atoms with Gasteiger partial charge in [0.15, 0.2) is 0 Å². The molecule has 1 saturated heterocycles. The Hall–Kier alpha value is -1.55. The lowest BCUT2D eigenvalue weighted by atomic mass is 9.98. The molecular weight excluding hydrogens is 228 g/mol. The van der Waals surface area contributed by atoms with Crippen LogP contribution in [0.3, 0.4) is 0 Å². The van der Waals surface area contributed by atoms with Crippen LogP contribution in [-0.4, -0.2) is 37.6 Å². The Morgan fingerprint density at radius 1 is 1.33 bits per heavy atom. The van der Waals surface area contributed by atoms with Crippen LogP contribution >= 0.6 is 0 Å². The SMILES string of the molecule is COc1ccc(C(CN2CCCC2)C(N)=O)cc1. The van der Waals surface area contributed by atoms with E-state index < -0.39 is 0 Å². The van der Waals surface area contributed by atoms with Crippen LogP contribution in [0.5, 0.6) is 5.75 Å². The molecule has 2 rings (SSSR count). The number of hydrogen-bond donors (Lipinski definition) is 1. The number of benzene rings is 1. The number of primary amides is 1. The van der Waals surface area contributed by atoms with Crippen molar-refractivity contribution in [2.24, 2.45) is 5.73 Å². The fraction of sp³-hybridized carbons (Fsp3) is 0.500. The molecule has 0 aromatic heterocycles. The second-order valence-corrected chi connectivity index (χ2v) is 4.74. The minimum atomic E-state index is -0.257. The van der Waals surface area contributed by atoms with Crippen LogP contribution in [-0.2, 0) is 4.79 Å². The Kier molecular flexibility index (Phi) is 4.20. The maximum Gasteiger partial charge on any atom is 0.226 e. The molecule has 1 aromatic carbocycles. The second-order valence-electron chi connectivity index (χ2n) is 4.74. The van der Waals surface area contributed by atoms with Crippen LogP contribution in [0.2, 0.25) is 0 Å². The number of nitrogens with two attached hydrogens (primary N) is 1. The highest BCUT2D eigenvalue weighted by molar-refractivity contribution is 5.82. The van der Waals surface area contributed by atoms with Gasteiger partial charge in [-0.3, -0.25) is 4.79 Å². The van der Waals surface area contributed by atoms with E-state index in [9.17, 15) is 4.79 Å². The molecule has 98 valence electrons. The fourth-order valence-electron chi connectivity index (χ4n) is 2.42. The van der Waals surface area contributed by atoms with Gasteiger partial charge in [0, 0.05) is 6.54 Å². The molecule has 1 aliphatic heterocycles. The van der Waals surface area contributed by atoms with E-state index in [1.807, 2.05) is 24.3 Å². The van der Waals surface area contributed by atoms with Crippen molar-refractivity contribution in [3.8, 4) is 5.75 Å². The number of methoxy groups -OCH3 is 1. The van der Waals surface area contributed by atoms with E-state index in [-0.39, 0.29) is 11.8 Å². The first-order valence-corrected chi connectivity index (χ1v) is 6.36. The van der Waals surface area contributed by atoms with Crippen LogP contribution in [0.1, 0.15) is 24.3 Å². The van der Waals surface area contributed by atoms with Gasteiger partial charge < -0.3 is 15.4 Å². The third-order valence-corrected chi connectivity index (χ3v) is 3.50. The first kappa shape index (κ1) is 12.9. The average Bonchev–Trinajstić information content (AvgIpc) is 2.89. The third-order valence-electron chi connectivity index (χ3n) is 3.50. The maximum absolute atomic E-state index is 11.6. The Bertz CT molecular complexity index is 397. The van der Waals surface area contributed by atoms with E-state index in [1.54, 1.807) is 7.11 Å². The summed E-state index contributed by atoms with van der Waals surface area (Å²) in [4.78, 5) is 13.9. The van der Waals surface area contributed by atoms with Crippen molar-refractivity contribution in [1.82, 2.24) is 4.90 Å². The number of rotatable bonds is 5.